The molecule has 0 atom stereocenters. The summed E-state index contributed by atoms with van der Waals surface area (Å²) in [5.74, 6) is 0.906. The molecule has 0 aliphatic carbocycles. The van der Waals surface area contributed by atoms with Crippen LogP contribution in [0.5, 0.6) is 0 Å². The average Bonchev–Trinajstić information content (AvgIpc) is 3.07. The molecule has 0 bridgehead atoms. The highest BCUT2D eigenvalue weighted by Gasteiger charge is 2.08. The first-order chi connectivity index (χ1) is 12.0. The summed E-state index contributed by atoms with van der Waals surface area (Å²) in [5, 5.41) is 20.9. The van der Waals surface area contributed by atoms with Crippen molar-refractivity contribution in [3.8, 4) is 11.3 Å². The van der Waals surface area contributed by atoms with Crippen molar-refractivity contribution in [2.24, 2.45) is 5.10 Å². The molecule has 0 aliphatic heterocycles. The molecule has 2 aromatic heterocycles. The molecule has 10 heteroatoms. The fourth-order valence-electron chi connectivity index (χ4n) is 2.02. The van der Waals surface area contributed by atoms with Crippen molar-refractivity contribution in [1.82, 2.24) is 14.9 Å². The molecule has 9 nitrogen and oxygen atoms in total. The van der Waals surface area contributed by atoms with Gasteiger partial charge in [0.1, 0.15) is 17.2 Å². The summed E-state index contributed by atoms with van der Waals surface area (Å²) >= 11 is 4.98. The van der Waals surface area contributed by atoms with E-state index in [1.54, 1.807) is 31.2 Å². The van der Waals surface area contributed by atoms with Gasteiger partial charge in [0.25, 0.3) is 11.2 Å². The zero-order valence-electron chi connectivity index (χ0n) is 12.9. The van der Waals surface area contributed by atoms with Crippen LogP contribution in [0, 0.1) is 21.8 Å². The fraction of sp³-hybridized carbons (Fsp3) is 0.0667. The maximum Gasteiger partial charge on any atom is 0.296 e. The predicted molar refractivity (Wildman–Crippen MR) is 92.2 cm³/mol. The van der Waals surface area contributed by atoms with Gasteiger partial charge in [0, 0.05) is 17.7 Å². The van der Waals surface area contributed by atoms with Gasteiger partial charge in [-0.3, -0.25) is 20.0 Å². The van der Waals surface area contributed by atoms with Gasteiger partial charge in [-0.25, -0.2) is 0 Å². The lowest BCUT2D eigenvalue weighted by molar-refractivity contribution is -0.384. The Morgan fingerprint density at radius 3 is 2.72 bits per heavy atom. The van der Waals surface area contributed by atoms with E-state index in [-0.39, 0.29) is 16.2 Å². The molecule has 0 radical (unpaired) electrons. The molecule has 0 saturated heterocycles. The number of nitro groups is 1. The zero-order valence-corrected chi connectivity index (χ0v) is 13.7. The summed E-state index contributed by atoms with van der Waals surface area (Å²) in [6, 6.07) is 9.32. The van der Waals surface area contributed by atoms with E-state index in [1.165, 1.54) is 18.3 Å². The minimum absolute atomic E-state index is 0.00116. The van der Waals surface area contributed by atoms with Crippen molar-refractivity contribution in [3.05, 3.63) is 73.1 Å². The number of furan rings is 1. The van der Waals surface area contributed by atoms with Gasteiger partial charge >= 0.3 is 0 Å². The molecule has 1 N–H and O–H groups in total. The van der Waals surface area contributed by atoms with Crippen LogP contribution in [0.4, 0.5) is 5.69 Å². The molecular weight excluding hydrogens is 346 g/mol. The van der Waals surface area contributed by atoms with Crippen LogP contribution < -0.4 is 5.56 Å². The molecule has 3 aromatic rings. The summed E-state index contributed by atoms with van der Waals surface area (Å²) < 4.78 is 6.68. The first-order valence-electron chi connectivity index (χ1n) is 7.03. The van der Waals surface area contributed by atoms with Crippen LogP contribution in [0.2, 0.25) is 0 Å². The number of nitrogens with one attached hydrogen (secondary N) is 1. The van der Waals surface area contributed by atoms with Crippen LogP contribution in [0.15, 0.2) is 50.7 Å². The van der Waals surface area contributed by atoms with Gasteiger partial charge < -0.3 is 4.42 Å². The predicted octanol–water partition coefficient (Wildman–Crippen LogP) is 2.66. The van der Waals surface area contributed by atoms with E-state index < -0.39 is 10.5 Å². The Hall–Kier alpha value is -3.40. The Morgan fingerprint density at radius 2 is 2.04 bits per heavy atom. The number of H-pyrrole nitrogens is 1. The topological polar surface area (TPSA) is 119 Å². The van der Waals surface area contributed by atoms with Crippen molar-refractivity contribution in [2.75, 3.05) is 0 Å². The molecule has 0 aliphatic rings. The van der Waals surface area contributed by atoms with Gasteiger partial charge in [0.2, 0.25) is 4.77 Å². The Balaban J connectivity index is 1.87. The molecular formula is C15H11N5O4S. The van der Waals surface area contributed by atoms with Crippen molar-refractivity contribution in [2.45, 2.75) is 6.92 Å². The third-order valence-electron chi connectivity index (χ3n) is 3.30. The lowest BCUT2D eigenvalue weighted by atomic mass is 10.1. The highest BCUT2D eigenvalue weighted by atomic mass is 32.1. The van der Waals surface area contributed by atoms with Crippen LogP contribution >= 0.6 is 12.2 Å². The van der Waals surface area contributed by atoms with Crippen molar-refractivity contribution in [3.63, 3.8) is 0 Å². The molecule has 0 saturated carbocycles. The number of aryl methyl sites for hydroxylation is 1. The monoisotopic (exact) mass is 357 g/mol. The van der Waals surface area contributed by atoms with Crippen LogP contribution in [0.25, 0.3) is 11.3 Å². The summed E-state index contributed by atoms with van der Waals surface area (Å²) in [6.07, 6.45) is 1.35. The number of nitro benzene ring substituents is 1. The van der Waals surface area contributed by atoms with Crippen molar-refractivity contribution in [1.29, 1.82) is 0 Å². The quantitative estimate of drug-likeness (QED) is 0.332. The number of hydrogen-bond donors (Lipinski definition) is 1. The molecule has 126 valence electrons. The molecule has 3 rings (SSSR count). The van der Waals surface area contributed by atoms with Crippen LogP contribution in [0.3, 0.4) is 0 Å². The number of aromatic amines is 1. The lowest BCUT2D eigenvalue weighted by Gasteiger charge is -1.98. The van der Waals surface area contributed by atoms with Crippen LogP contribution in [-0.4, -0.2) is 26.0 Å². The Kier molecular flexibility index (Phi) is 4.35. The number of hydrogen-bond acceptors (Lipinski definition) is 7. The van der Waals surface area contributed by atoms with Gasteiger partial charge in [-0.15, -0.1) is 0 Å². The van der Waals surface area contributed by atoms with Gasteiger partial charge in [0.15, 0.2) is 0 Å². The number of aromatic nitrogens is 3. The van der Waals surface area contributed by atoms with E-state index in [1.807, 2.05) is 0 Å². The second kappa shape index (κ2) is 6.61. The maximum atomic E-state index is 11.9. The number of non-ortho nitro benzene ring substituents is 1. The third-order valence-corrected chi connectivity index (χ3v) is 3.57. The Bertz CT molecular complexity index is 1080. The lowest BCUT2D eigenvalue weighted by Crippen LogP contribution is -2.22. The van der Waals surface area contributed by atoms with Gasteiger partial charge in [-0.05, 0) is 43.4 Å². The number of nitrogens with zero attached hydrogens (tertiary/aromatic N) is 4. The molecule has 2 heterocycles. The molecule has 0 spiro atoms. The second-order valence-corrected chi connectivity index (χ2v) is 5.37. The smallest absolute Gasteiger partial charge is 0.296 e. The molecule has 0 unspecified atom stereocenters. The van der Waals surface area contributed by atoms with Gasteiger partial charge in [0.05, 0.1) is 11.1 Å². The van der Waals surface area contributed by atoms with E-state index in [4.69, 9.17) is 16.6 Å². The van der Waals surface area contributed by atoms with E-state index in [2.05, 4.69) is 15.3 Å². The SMILES string of the molecule is Cc1n[nH]c(=S)n(/N=C/c2ccc(-c3ccc([N+](=O)[O-])cc3)o2)c1=O. The van der Waals surface area contributed by atoms with Crippen LogP contribution in [0.1, 0.15) is 11.5 Å². The second-order valence-electron chi connectivity index (χ2n) is 4.98. The molecule has 0 fully saturated rings. The summed E-state index contributed by atoms with van der Waals surface area (Å²) in [7, 11) is 0. The largest absolute Gasteiger partial charge is 0.455 e. The first-order valence-corrected chi connectivity index (χ1v) is 7.44. The minimum atomic E-state index is -0.470. The van der Waals surface area contributed by atoms with Crippen molar-refractivity contribution < 1.29 is 9.34 Å². The highest BCUT2D eigenvalue weighted by Crippen LogP contribution is 2.23. The van der Waals surface area contributed by atoms with Crippen LogP contribution in [-0.2, 0) is 0 Å². The van der Waals surface area contributed by atoms with Gasteiger partial charge in [-0.1, -0.05) is 0 Å². The minimum Gasteiger partial charge on any atom is -0.455 e. The standard InChI is InChI=1S/C15H11N5O4S/c1-9-14(21)19(15(25)18-17-9)16-8-12-6-7-13(24-12)10-2-4-11(5-3-10)20(22)23/h2-8H,1H3,(H,18,25)/b16-8+. The molecule has 0 amide bonds. The Labute approximate surface area is 145 Å². The molecule has 1 aromatic carbocycles. The first kappa shape index (κ1) is 16.5. The van der Waals surface area contributed by atoms with E-state index in [0.29, 0.717) is 17.1 Å². The normalized spacial score (nSPS) is 11.1. The summed E-state index contributed by atoms with van der Waals surface area (Å²) in [5.41, 5.74) is 0.483. The number of rotatable bonds is 4. The van der Waals surface area contributed by atoms with E-state index in [9.17, 15) is 14.9 Å². The van der Waals surface area contributed by atoms with Gasteiger partial charge in [-0.2, -0.15) is 14.9 Å². The molecule has 25 heavy (non-hydrogen) atoms. The highest BCUT2D eigenvalue weighted by molar-refractivity contribution is 7.71. The average molecular weight is 357 g/mol. The zero-order chi connectivity index (χ0) is 18.0. The summed E-state index contributed by atoms with van der Waals surface area (Å²) in [4.78, 5) is 22.1. The third kappa shape index (κ3) is 3.43. The Morgan fingerprint density at radius 1 is 1.32 bits per heavy atom. The maximum absolute atomic E-state index is 11.9. The number of benzene rings is 1. The van der Waals surface area contributed by atoms with E-state index >= 15 is 0 Å². The fourth-order valence-corrected chi connectivity index (χ4v) is 2.19. The van der Waals surface area contributed by atoms with Crippen molar-refractivity contribution >= 4 is 24.1 Å². The summed E-state index contributed by atoms with van der Waals surface area (Å²) in [6.45, 7) is 1.54. The van der Waals surface area contributed by atoms with E-state index in [0.717, 1.165) is 4.68 Å².